The zero-order valence-corrected chi connectivity index (χ0v) is 10.1. The molecule has 0 aliphatic carbocycles. The van der Waals surface area contributed by atoms with Gasteiger partial charge in [0, 0.05) is 17.5 Å². The van der Waals surface area contributed by atoms with E-state index in [4.69, 9.17) is 5.26 Å². The molecule has 1 aromatic rings. The van der Waals surface area contributed by atoms with Crippen molar-refractivity contribution in [3.05, 3.63) is 41.6 Å². The van der Waals surface area contributed by atoms with Gasteiger partial charge in [-0.15, -0.1) is 0 Å². The van der Waals surface area contributed by atoms with Gasteiger partial charge in [0.1, 0.15) is 6.07 Å². The first-order chi connectivity index (χ1) is 8.58. The predicted octanol–water partition coefficient (Wildman–Crippen LogP) is 1.88. The van der Waals surface area contributed by atoms with Crippen LogP contribution in [-0.4, -0.2) is 18.9 Å². The average molecular weight is 244 g/mol. The third-order valence-corrected chi connectivity index (χ3v) is 2.20. The number of hydrogen-bond donors (Lipinski definition) is 1. The molecule has 0 radical (unpaired) electrons. The van der Waals surface area contributed by atoms with Crippen LogP contribution < -0.4 is 5.32 Å². The second-order valence-electron chi connectivity index (χ2n) is 3.44. The Bertz CT molecular complexity index is 524. The predicted molar refractivity (Wildman–Crippen MR) is 65.8 cm³/mol. The fourth-order valence-electron chi connectivity index (χ4n) is 1.20. The number of hydrogen-bond acceptors (Lipinski definition) is 5. The van der Waals surface area contributed by atoms with E-state index in [1.807, 2.05) is 0 Å². The van der Waals surface area contributed by atoms with Gasteiger partial charge < -0.3 is 10.1 Å². The molecule has 0 amide bonds. The average Bonchev–Trinajstić information content (AvgIpc) is 2.39. The molecule has 0 fully saturated rings. The number of carbonyl (C=O) groups is 2. The van der Waals surface area contributed by atoms with Crippen LogP contribution in [0.25, 0.3) is 0 Å². The van der Waals surface area contributed by atoms with Gasteiger partial charge in [0.05, 0.1) is 7.11 Å². The Hall–Kier alpha value is -2.61. The van der Waals surface area contributed by atoms with E-state index in [1.165, 1.54) is 20.2 Å². The maximum Gasteiger partial charge on any atom is 0.350 e. The summed E-state index contributed by atoms with van der Waals surface area (Å²) in [4.78, 5) is 22.2. The van der Waals surface area contributed by atoms with Crippen LogP contribution in [0.4, 0.5) is 5.69 Å². The van der Waals surface area contributed by atoms with E-state index in [-0.39, 0.29) is 11.4 Å². The lowest BCUT2D eigenvalue weighted by Crippen LogP contribution is -2.05. The number of Topliss-reactive ketones (excluding diaryl/α,β-unsaturated/α-hetero) is 1. The maximum absolute atomic E-state index is 11.1. The summed E-state index contributed by atoms with van der Waals surface area (Å²) >= 11 is 0. The van der Waals surface area contributed by atoms with Crippen molar-refractivity contribution in [1.82, 2.24) is 0 Å². The molecule has 0 unspecified atom stereocenters. The molecular formula is C13H12N2O3. The molecule has 0 saturated heterocycles. The molecule has 1 N–H and O–H groups in total. The van der Waals surface area contributed by atoms with Crippen LogP contribution in [0.3, 0.4) is 0 Å². The number of nitrogens with zero attached hydrogens (tertiary/aromatic N) is 1. The number of esters is 1. The van der Waals surface area contributed by atoms with Gasteiger partial charge in [-0.1, -0.05) is 0 Å². The Labute approximate surface area is 105 Å². The number of anilines is 1. The summed E-state index contributed by atoms with van der Waals surface area (Å²) in [6.45, 7) is 1.48. The van der Waals surface area contributed by atoms with Gasteiger partial charge in [-0.3, -0.25) is 4.79 Å². The molecule has 0 bridgehead atoms. The second kappa shape index (κ2) is 6.21. The summed E-state index contributed by atoms with van der Waals surface area (Å²) < 4.78 is 4.43. The lowest BCUT2D eigenvalue weighted by Gasteiger charge is -2.02. The van der Waals surface area contributed by atoms with Crippen molar-refractivity contribution in [2.45, 2.75) is 6.92 Å². The Kier molecular flexibility index (Phi) is 4.64. The third kappa shape index (κ3) is 3.46. The molecule has 0 aliphatic rings. The summed E-state index contributed by atoms with van der Waals surface area (Å²) in [6.07, 6.45) is 1.26. The van der Waals surface area contributed by atoms with E-state index in [0.29, 0.717) is 11.3 Å². The first-order valence-corrected chi connectivity index (χ1v) is 5.14. The van der Waals surface area contributed by atoms with Crippen molar-refractivity contribution in [3.63, 3.8) is 0 Å². The molecule has 0 spiro atoms. The van der Waals surface area contributed by atoms with Gasteiger partial charge in [-0.05, 0) is 31.2 Å². The molecule has 0 aromatic heterocycles. The molecule has 18 heavy (non-hydrogen) atoms. The van der Waals surface area contributed by atoms with Gasteiger partial charge >= 0.3 is 5.97 Å². The highest BCUT2D eigenvalue weighted by molar-refractivity contribution is 5.94. The van der Waals surface area contributed by atoms with E-state index in [9.17, 15) is 9.59 Å². The maximum atomic E-state index is 11.1. The number of nitriles is 1. The monoisotopic (exact) mass is 244 g/mol. The zero-order chi connectivity index (χ0) is 13.5. The van der Waals surface area contributed by atoms with E-state index in [2.05, 4.69) is 10.1 Å². The van der Waals surface area contributed by atoms with Crippen molar-refractivity contribution >= 4 is 17.4 Å². The summed E-state index contributed by atoms with van der Waals surface area (Å²) in [5.74, 6) is -0.727. The quantitative estimate of drug-likeness (QED) is 0.378. The number of benzene rings is 1. The van der Waals surface area contributed by atoms with Crippen molar-refractivity contribution < 1.29 is 14.3 Å². The highest BCUT2D eigenvalue weighted by atomic mass is 16.5. The number of ketones is 1. The molecule has 92 valence electrons. The summed E-state index contributed by atoms with van der Waals surface area (Å²) in [7, 11) is 1.20. The molecule has 5 heteroatoms. The number of rotatable bonds is 4. The fraction of sp³-hybridized carbons (Fsp3) is 0.154. The van der Waals surface area contributed by atoms with Crippen LogP contribution in [0.15, 0.2) is 36.0 Å². The van der Waals surface area contributed by atoms with Crippen LogP contribution in [0.2, 0.25) is 0 Å². The largest absolute Gasteiger partial charge is 0.465 e. The van der Waals surface area contributed by atoms with Gasteiger partial charge in [0.15, 0.2) is 11.4 Å². The zero-order valence-electron chi connectivity index (χ0n) is 10.1. The van der Waals surface area contributed by atoms with Crippen LogP contribution in [-0.2, 0) is 9.53 Å². The van der Waals surface area contributed by atoms with Crippen molar-refractivity contribution in [3.8, 4) is 6.07 Å². The van der Waals surface area contributed by atoms with Crippen molar-refractivity contribution in [2.75, 3.05) is 12.4 Å². The van der Waals surface area contributed by atoms with Gasteiger partial charge in [-0.25, -0.2) is 4.79 Å². The van der Waals surface area contributed by atoms with Gasteiger partial charge in [0.25, 0.3) is 0 Å². The van der Waals surface area contributed by atoms with E-state index in [1.54, 1.807) is 30.3 Å². The van der Waals surface area contributed by atoms with E-state index < -0.39 is 5.97 Å². The van der Waals surface area contributed by atoms with Crippen LogP contribution in [0.5, 0.6) is 0 Å². The smallest absolute Gasteiger partial charge is 0.350 e. The Balaban J connectivity index is 2.80. The Morgan fingerprint density at radius 2 is 1.94 bits per heavy atom. The normalized spacial score (nSPS) is 10.4. The third-order valence-electron chi connectivity index (χ3n) is 2.20. The first-order valence-electron chi connectivity index (χ1n) is 5.14. The molecule has 1 rings (SSSR count). The molecule has 0 saturated carbocycles. The molecule has 0 heterocycles. The van der Waals surface area contributed by atoms with Gasteiger partial charge in [0.2, 0.25) is 0 Å². The minimum Gasteiger partial charge on any atom is -0.465 e. The summed E-state index contributed by atoms with van der Waals surface area (Å²) in [6, 6.07) is 8.39. The summed E-state index contributed by atoms with van der Waals surface area (Å²) in [5, 5.41) is 11.5. The number of carbonyl (C=O) groups excluding carboxylic acids is 2. The van der Waals surface area contributed by atoms with Crippen molar-refractivity contribution in [2.24, 2.45) is 0 Å². The highest BCUT2D eigenvalue weighted by Crippen LogP contribution is 2.10. The Morgan fingerprint density at radius 3 is 2.39 bits per heavy atom. The molecule has 0 atom stereocenters. The minimum absolute atomic E-state index is 0.0237. The lowest BCUT2D eigenvalue weighted by atomic mass is 10.1. The minimum atomic E-state index is -0.703. The molecule has 5 nitrogen and oxygen atoms in total. The molecular weight excluding hydrogens is 232 g/mol. The SMILES string of the molecule is COC(=O)/C(C#N)=C/Nc1ccc(C(C)=O)cc1. The Morgan fingerprint density at radius 1 is 1.33 bits per heavy atom. The number of nitrogens with one attached hydrogen (secondary N) is 1. The standard InChI is InChI=1S/C13H12N2O3/c1-9(16)10-3-5-12(6-4-10)15-8-11(7-14)13(17)18-2/h3-6,8,15H,1-2H3/b11-8+. The van der Waals surface area contributed by atoms with Crippen molar-refractivity contribution in [1.29, 1.82) is 5.26 Å². The lowest BCUT2D eigenvalue weighted by molar-refractivity contribution is -0.135. The van der Waals surface area contributed by atoms with E-state index in [0.717, 1.165) is 0 Å². The van der Waals surface area contributed by atoms with E-state index >= 15 is 0 Å². The second-order valence-corrected chi connectivity index (χ2v) is 3.44. The molecule has 0 aliphatic heterocycles. The van der Waals surface area contributed by atoms with Crippen LogP contribution >= 0.6 is 0 Å². The fourth-order valence-corrected chi connectivity index (χ4v) is 1.20. The first kappa shape index (κ1) is 13.5. The highest BCUT2D eigenvalue weighted by Gasteiger charge is 2.07. The van der Waals surface area contributed by atoms with Crippen LogP contribution in [0, 0.1) is 11.3 Å². The van der Waals surface area contributed by atoms with Crippen LogP contribution in [0.1, 0.15) is 17.3 Å². The number of methoxy groups -OCH3 is 1. The number of ether oxygens (including phenoxy) is 1. The summed E-state index contributed by atoms with van der Waals surface area (Å²) in [5.41, 5.74) is 1.13. The molecule has 1 aromatic carbocycles. The van der Waals surface area contributed by atoms with Gasteiger partial charge in [-0.2, -0.15) is 5.26 Å². The topological polar surface area (TPSA) is 79.2 Å².